The second kappa shape index (κ2) is 6.72. The van der Waals surface area contributed by atoms with Crippen LogP contribution >= 0.6 is 0 Å². The van der Waals surface area contributed by atoms with Crippen LogP contribution in [-0.2, 0) is 13.5 Å². The van der Waals surface area contributed by atoms with E-state index >= 15 is 0 Å². The zero-order valence-electron chi connectivity index (χ0n) is 11.1. The van der Waals surface area contributed by atoms with Crippen molar-refractivity contribution in [2.75, 3.05) is 6.54 Å². The van der Waals surface area contributed by atoms with Crippen LogP contribution in [-0.4, -0.2) is 16.1 Å². The van der Waals surface area contributed by atoms with Crippen LogP contribution in [0.3, 0.4) is 0 Å². The minimum absolute atomic E-state index is 0.0893. The maximum Gasteiger partial charge on any atom is 0.109 e. The molecule has 2 aromatic rings. The van der Waals surface area contributed by atoms with Crippen molar-refractivity contribution in [2.45, 2.75) is 18.9 Å². The fourth-order valence-corrected chi connectivity index (χ4v) is 2.08. The fraction of sp³-hybridized carbons (Fsp3) is 0.333. The average molecular weight is 254 g/mol. The number of nitrogens with one attached hydrogen (secondary N) is 1. The number of aryl methyl sites for hydroxylation is 1. The predicted molar refractivity (Wildman–Crippen MR) is 74.3 cm³/mol. The molecule has 1 aromatic carbocycles. The Labute approximate surface area is 113 Å². The van der Waals surface area contributed by atoms with Crippen LogP contribution in [0.1, 0.15) is 23.9 Å². The third-order valence-corrected chi connectivity index (χ3v) is 3.16. The maximum atomic E-state index is 8.92. The number of nitrogens with zero attached hydrogens (tertiary/aromatic N) is 3. The number of hydrogen-bond acceptors (Lipinski definition) is 3. The molecular weight excluding hydrogens is 236 g/mol. The van der Waals surface area contributed by atoms with Crippen LogP contribution in [0.2, 0.25) is 0 Å². The van der Waals surface area contributed by atoms with Crippen molar-refractivity contribution in [2.24, 2.45) is 7.05 Å². The van der Waals surface area contributed by atoms with Crippen molar-refractivity contribution >= 4 is 0 Å². The van der Waals surface area contributed by atoms with Crippen molar-refractivity contribution in [1.29, 1.82) is 5.26 Å². The SMILES string of the molecule is Cn1ccnc1CCNC(CC#N)c1ccccc1. The van der Waals surface area contributed by atoms with Gasteiger partial charge in [-0.2, -0.15) is 5.26 Å². The molecule has 19 heavy (non-hydrogen) atoms. The average Bonchev–Trinajstić information content (AvgIpc) is 2.84. The van der Waals surface area contributed by atoms with E-state index < -0.39 is 0 Å². The Hall–Kier alpha value is -2.12. The van der Waals surface area contributed by atoms with Gasteiger partial charge < -0.3 is 9.88 Å². The van der Waals surface area contributed by atoms with Crippen LogP contribution in [0.5, 0.6) is 0 Å². The lowest BCUT2D eigenvalue weighted by Gasteiger charge is -2.16. The van der Waals surface area contributed by atoms with E-state index in [0.717, 1.165) is 24.4 Å². The van der Waals surface area contributed by atoms with Gasteiger partial charge in [0.2, 0.25) is 0 Å². The van der Waals surface area contributed by atoms with Crippen LogP contribution in [0.15, 0.2) is 42.7 Å². The van der Waals surface area contributed by atoms with Crippen LogP contribution in [0.25, 0.3) is 0 Å². The number of rotatable bonds is 6. The molecule has 4 heteroatoms. The Morgan fingerprint density at radius 1 is 1.37 bits per heavy atom. The molecule has 98 valence electrons. The summed E-state index contributed by atoms with van der Waals surface area (Å²) in [6, 6.07) is 12.4. The summed E-state index contributed by atoms with van der Waals surface area (Å²) in [5.41, 5.74) is 1.16. The Kier molecular flexibility index (Phi) is 4.71. The molecule has 1 heterocycles. The maximum absolute atomic E-state index is 8.92. The summed E-state index contributed by atoms with van der Waals surface area (Å²) >= 11 is 0. The first-order chi connectivity index (χ1) is 9.31. The van der Waals surface area contributed by atoms with Gasteiger partial charge in [0.05, 0.1) is 12.5 Å². The third kappa shape index (κ3) is 3.67. The van der Waals surface area contributed by atoms with Crippen molar-refractivity contribution < 1.29 is 0 Å². The summed E-state index contributed by atoms with van der Waals surface area (Å²) in [6.45, 7) is 0.812. The number of aromatic nitrogens is 2. The summed E-state index contributed by atoms with van der Waals surface area (Å²) < 4.78 is 2.02. The van der Waals surface area contributed by atoms with E-state index in [1.54, 1.807) is 6.20 Å². The highest BCUT2D eigenvalue weighted by molar-refractivity contribution is 5.19. The molecule has 4 nitrogen and oxygen atoms in total. The van der Waals surface area contributed by atoms with Gasteiger partial charge >= 0.3 is 0 Å². The van der Waals surface area contributed by atoms with Crippen molar-refractivity contribution in [3.63, 3.8) is 0 Å². The topological polar surface area (TPSA) is 53.6 Å². The molecule has 0 spiro atoms. The third-order valence-electron chi connectivity index (χ3n) is 3.16. The van der Waals surface area contributed by atoms with E-state index in [0.29, 0.717) is 6.42 Å². The summed E-state index contributed by atoms with van der Waals surface area (Å²) in [5.74, 6) is 1.05. The first-order valence-corrected chi connectivity index (χ1v) is 6.42. The smallest absolute Gasteiger partial charge is 0.109 e. The molecule has 1 atom stereocenters. The highest BCUT2D eigenvalue weighted by atomic mass is 15.0. The minimum Gasteiger partial charge on any atom is -0.338 e. The molecular formula is C15H18N4. The molecule has 0 aliphatic heterocycles. The van der Waals surface area contributed by atoms with E-state index in [9.17, 15) is 0 Å². The highest BCUT2D eigenvalue weighted by Crippen LogP contribution is 2.15. The lowest BCUT2D eigenvalue weighted by atomic mass is 10.0. The van der Waals surface area contributed by atoms with Crippen LogP contribution in [0.4, 0.5) is 0 Å². The molecule has 2 rings (SSSR count). The van der Waals surface area contributed by atoms with Gasteiger partial charge in [0.25, 0.3) is 0 Å². The summed E-state index contributed by atoms with van der Waals surface area (Å²) in [4.78, 5) is 4.29. The van der Waals surface area contributed by atoms with Crippen LogP contribution in [0, 0.1) is 11.3 Å². The largest absolute Gasteiger partial charge is 0.338 e. The zero-order chi connectivity index (χ0) is 13.5. The lowest BCUT2D eigenvalue weighted by molar-refractivity contribution is 0.537. The number of nitriles is 1. The van der Waals surface area contributed by atoms with Crippen molar-refractivity contribution in [3.05, 3.63) is 54.1 Å². The standard InChI is InChI=1S/C15H18N4/c1-19-12-11-18-15(19)8-10-17-14(7-9-16)13-5-3-2-4-6-13/h2-6,11-12,14,17H,7-8,10H2,1H3. The first kappa shape index (κ1) is 13.3. The molecule has 0 saturated carbocycles. The number of hydrogen-bond donors (Lipinski definition) is 1. The molecule has 0 radical (unpaired) electrons. The molecule has 0 aliphatic rings. The molecule has 0 bridgehead atoms. The fourth-order valence-electron chi connectivity index (χ4n) is 2.08. The lowest BCUT2D eigenvalue weighted by Crippen LogP contribution is -2.24. The van der Waals surface area contributed by atoms with Crippen LogP contribution < -0.4 is 5.32 Å². The number of benzene rings is 1. The Balaban J connectivity index is 1.91. The molecule has 1 N–H and O–H groups in total. The van der Waals surface area contributed by atoms with E-state index in [1.807, 2.05) is 36.0 Å². The molecule has 0 fully saturated rings. The minimum atomic E-state index is 0.0893. The molecule has 0 saturated heterocycles. The summed E-state index contributed by atoms with van der Waals surface area (Å²) in [7, 11) is 1.99. The molecule has 0 amide bonds. The van der Waals surface area contributed by atoms with E-state index in [4.69, 9.17) is 5.26 Å². The predicted octanol–water partition coefficient (Wildman–Crippen LogP) is 2.21. The monoisotopic (exact) mass is 254 g/mol. The van der Waals surface area contributed by atoms with Gasteiger partial charge in [0, 0.05) is 38.4 Å². The molecule has 0 aliphatic carbocycles. The summed E-state index contributed by atoms with van der Waals surface area (Å²) in [5, 5.41) is 12.3. The Morgan fingerprint density at radius 3 is 2.79 bits per heavy atom. The number of imidazole rings is 1. The van der Waals surface area contributed by atoms with Gasteiger partial charge in [-0.25, -0.2) is 4.98 Å². The quantitative estimate of drug-likeness (QED) is 0.860. The van der Waals surface area contributed by atoms with E-state index in [2.05, 4.69) is 28.5 Å². The van der Waals surface area contributed by atoms with Gasteiger partial charge in [-0.15, -0.1) is 0 Å². The second-order valence-electron chi connectivity index (χ2n) is 4.48. The first-order valence-electron chi connectivity index (χ1n) is 6.42. The van der Waals surface area contributed by atoms with E-state index in [-0.39, 0.29) is 6.04 Å². The molecule has 1 unspecified atom stereocenters. The van der Waals surface area contributed by atoms with Gasteiger partial charge in [-0.3, -0.25) is 0 Å². The summed E-state index contributed by atoms with van der Waals surface area (Å²) in [6.07, 6.45) is 5.08. The normalized spacial score (nSPS) is 12.0. The Bertz CT molecular complexity index is 539. The van der Waals surface area contributed by atoms with Gasteiger partial charge in [0.1, 0.15) is 5.82 Å². The Morgan fingerprint density at radius 2 is 2.16 bits per heavy atom. The van der Waals surface area contributed by atoms with Crippen molar-refractivity contribution in [3.8, 4) is 6.07 Å². The van der Waals surface area contributed by atoms with Gasteiger partial charge in [-0.1, -0.05) is 30.3 Å². The van der Waals surface area contributed by atoms with E-state index in [1.165, 1.54) is 0 Å². The molecule has 1 aromatic heterocycles. The highest BCUT2D eigenvalue weighted by Gasteiger charge is 2.10. The second-order valence-corrected chi connectivity index (χ2v) is 4.48. The van der Waals surface area contributed by atoms with Gasteiger partial charge in [-0.05, 0) is 5.56 Å². The van der Waals surface area contributed by atoms with Crippen molar-refractivity contribution in [1.82, 2.24) is 14.9 Å². The zero-order valence-corrected chi connectivity index (χ0v) is 11.1. The van der Waals surface area contributed by atoms with Gasteiger partial charge in [0.15, 0.2) is 0 Å².